The van der Waals surface area contributed by atoms with Crippen LogP contribution in [0.1, 0.15) is 113 Å². The normalized spacial score (nSPS) is 16.7. The summed E-state index contributed by atoms with van der Waals surface area (Å²) >= 11 is 0. The summed E-state index contributed by atoms with van der Waals surface area (Å²) in [5.41, 5.74) is 9.18. The smallest absolute Gasteiger partial charge is 0.194 e. The number of likely N-dealkylation sites (N-methyl/N-ethyl adjacent to an activating group) is 2. The second-order valence-electron chi connectivity index (χ2n) is 19.1. The fraction of sp³-hybridized carbons (Fsp3) is 0.246. The molecule has 0 aliphatic heterocycles. The molecule has 0 fully saturated rings. The molecule has 2 aliphatic rings. The van der Waals surface area contributed by atoms with E-state index in [2.05, 4.69) is 90.4 Å². The molecule has 7 aromatic rings. The minimum absolute atomic E-state index is 0.0801. The lowest BCUT2D eigenvalue weighted by Crippen LogP contribution is -2.52. The maximum Gasteiger partial charge on any atom is 0.194 e. The number of Topliss-reactive ketones (excluding diaryl/α,β-unsaturated/α-hetero) is 2. The van der Waals surface area contributed by atoms with Crippen molar-refractivity contribution in [2.24, 2.45) is 0 Å². The summed E-state index contributed by atoms with van der Waals surface area (Å²) in [6.07, 6.45) is 3.59. The van der Waals surface area contributed by atoms with Gasteiger partial charge in [-0.2, -0.15) is 0 Å². The number of hydrogen-bond donors (Lipinski definition) is 0. The Balaban J connectivity index is 1.14. The number of benzene rings is 7. The van der Waals surface area contributed by atoms with E-state index in [-0.39, 0.29) is 23.1 Å². The van der Waals surface area contributed by atoms with Gasteiger partial charge in [-0.1, -0.05) is 172 Å². The van der Waals surface area contributed by atoms with Crippen LogP contribution in [-0.4, -0.2) is 72.2 Å². The number of carbonyl (C=O) groups is 4. The Labute approximate surface area is 395 Å². The minimum Gasteiger partial charge on any atom is -0.297 e. The third kappa shape index (κ3) is 7.82. The van der Waals surface area contributed by atoms with Crippen LogP contribution in [0.25, 0.3) is 11.1 Å². The molecule has 2 atom stereocenters. The standard InChI is InChI=1S/C61H58N2O4/c1-7-60(62(3)4,39-41-19-11-9-12-20-41)57(66)45-31-27-43(28-32-45)37-59(38-44-29-33-46(34-30-44)58(67)61(8-2,63(5)6)40-42-21-13-10-14-22-42)53-26-18-17-23-47(53)50-35-51-52(36-54(50)59)56(65)49-25-16-15-24-48(49)55(51)64/h9-36H,7-8,37-40H2,1-6H3. The molecule has 6 nitrogen and oxygen atoms in total. The van der Waals surface area contributed by atoms with Crippen molar-refractivity contribution in [1.29, 1.82) is 0 Å². The predicted octanol–water partition coefficient (Wildman–Crippen LogP) is 11.5. The van der Waals surface area contributed by atoms with Gasteiger partial charge in [0.15, 0.2) is 23.1 Å². The summed E-state index contributed by atoms with van der Waals surface area (Å²) in [7, 11) is 7.96. The number of carbonyl (C=O) groups excluding carboxylic acids is 4. The van der Waals surface area contributed by atoms with Gasteiger partial charge in [-0.15, -0.1) is 0 Å². The van der Waals surface area contributed by atoms with Gasteiger partial charge in [-0.05, 0) is 123 Å². The molecule has 67 heavy (non-hydrogen) atoms. The number of ketones is 4. The first kappa shape index (κ1) is 45.3. The van der Waals surface area contributed by atoms with E-state index >= 15 is 0 Å². The fourth-order valence-corrected chi connectivity index (χ4v) is 11.2. The molecule has 0 heterocycles. The lowest BCUT2D eigenvalue weighted by molar-refractivity contribution is 0.0661. The summed E-state index contributed by atoms with van der Waals surface area (Å²) < 4.78 is 0. The molecule has 0 bridgehead atoms. The second-order valence-corrected chi connectivity index (χ2v) is 19.1. The van der Waals surface area contributed by atoms with Gasteiger partial charge in [-0.25, -0.2) is 0 Å². The van der Waals surface area contributed by atoms with Crippen LogP contribution in [0.5, 0.6) is 0 Å². The Hall–Kier alpha value is -6.86. The zero-order valence-corrected chi connectivity index (χ0v) is 39.4. The van der Waals surface area contributed by atoms with Crippen LogP contribution in [0.4, 0.5) is 0 Å². The molecule has 6 heteroatoms. The number of rotatable bonds is 16. The molecule has 0 N–H and O–H groups in total. The van der Waals surface area contributed by atoms with Gasteiger partial charge in [0.05, 0.1) is 11.1 Å². The van der Waals surface area contributed by atoms with E-state index in [0.717, 1.165) is 44.5 Å². The van der Waals surface area contributed by atoms with E-state index in [9.17, 15) is 19.2 Å². The van der Waals surface area contributed by atoms with Gasteiger partial charge in [0.2, 0.25) is 0 Å². The maximum atomic E-state index is 14.7. The monoisotopic (exact) mass is 882 g/mol. The average Bonchev–Trinajstić information content (AvgIpc) is 3.61. The van der Waals surface area contributed by atoms with E-state index < -0.39 is 16.5 Å². The van der Waals surface area contributed by atoms with Crippen molar-refractivity contribution in [3.63, 3.8) is 0 Å². The molecule has 2 aliphatic carbocycles. The van der Waals surface area contributed by atoms with Gasteiger partial charge >= 0.3 is 0 Å². The molecular weight excluding hydrogens is 825 g/mol. The van der Waals surface area contributed by atoms with Crippen molar-refractivity contribution in [1.82, 2.24) is 9.80 Å². The molecular formula is C61H58N2O4. The van der Waals surface area contributed by atoms with Gasteiger partial charge in [0.1, 0.15) is 0 Å². The van der Waals surface area contributed by atoms with Crippen molar-refractivity contribution in [2.45, 2.75) is 68.9 Å². The fourth-order valence-electron chi connectivity index (χ4n) is 11.2. The van der Waals surface area contributed by atoms with Crippen LogP contribution >= 0.6 is 0 Å². The van der Waals surface area contributed by atoms with E-state index in [1.54, 1.807) is 24.3 Å². The van der Waals surface area contributed by atoms with E-state index in [4.69, 9.17) is 0 Å². The Kier molecular flexibility index (Phi) is 12.2. The summed E-state index contributed by atoms with van der Waals surface area (Å²) in [6, 6.07) is 56.0. The lowest BCUT2D eigenvalue weighted by Gasteiger charge is -2.38. The van der Waals surface area contributed by atoms with Crippen LogP contribution < -0.4 is 0 Å². The van der Waals surface area contributed by atoms with Crippen LogP contribution in [0.2, 0.25) is 0 Å². The van der Waals surface area contributed by atoms with Gasteiger partial charge in [0, 0.05) is 38.8 Å². The predicted molar refractivity (Wildman–Crippen MR) is 269 cm³/mol. The zero-order valence-electron chi connectivity index (χ0n) is 39.4. The molecule has 0 radical (unpaired) electrons. The van der Waals surface area contributed by atoms with E-state index in [1.165, 1.54) is 0 Å². The number of hydrogen-bond acceptors (Lipinski definition) is 6. The summed E-state index contributed by atoms with van der Waals surface area (Å²) in [5, 5.41) is 0. The Bertz CT molecular complexity index is 2890. The molecule has 0 amide bonds. The first-order valence-electron chi connectivity index (χ1n) is 23.5. The van der Waals surface area contributed by atoms with Crippen molar-refractivity contribution >= 4 is 23.1 Å². The second kappa shape index (κ2) is 18.1. The topological polar surface area (TPSA) is 74.8 Å². The molecule has 0 saturated carbocycles. The van der Waals surface area contributed by atoms with Crippen LogP contribution in [0.3, 0.4) is 0 Å². The molecule has 0 spiro atoms. The van der Waals surface area contributed by atoms with Crippen molar-refractivity contribution in [3.05, 3.63) is 237 Å². The van der Waals surface area contributed by atoms with Crippen LogP contribution in [0.15, 0.2) is 170 Å². The van der Waals surface area contributed by atoms with Crippen molar-refractivity contribution in [2.75, 3.05) is 28.2 Å². The highest BCUT2D eigenvalue weighted by Gasteiger charge is 2.46. The van der Waals surface area contributed by atoms with Crippen molar-refractivity contribution in [3.8, 4) is 11.1 Å². The molecule has 9 rings (SSSR count). The van der Waals surface area contributed by atoms with Gasteiger partial charge < -0.3 is 0 Å². The summed E-state index contributed by atoms with van der Waals surface area (Å²) in [4.78, 5) is 62.0. The van der Waals surface area contributed by atoms with Crippen molar-refractivity contribution < 1.29 is 19.2 Å². The number of nitrogens with zero attached hydrogens (tertiary/aromatic N) is 2. The first-order valence-corrected chi connectivity index (χ1v) is 23.5. The highest BCUT2D eigenvalue weighted by Crippen LogP contribution is 2.54. The largest absolute Gasteiger partial charge is 0.297 e. The summed E-state index contributed by atoms with van der Waals surface area (Å²) in [6.45, 7) is 4.17. The quantitative estimate of drug-likeness (QED) is 0.0900. The number of fused-ring (bicyclic) bond motifs is 5. The molecule has 0 aromatic heterocycles. The van der Waals surface area contributed by atoms with Crippen LogP contribution in [0, 0.1) is 0 Å². The SMILES string of the molecule is CCC(Cc1ccccc1)(C(=O)c1ccc(CC2(Cc3ccc(C(=O)C(CC)(Cc4ccccc4)N(C)C)cc3)c3ccccc3-c3cc4c(cc32)C(=O)c2ccccc2C4=O)cc1)N(C)C. The molecule has 2 unspecified atom stereocenters. The molecule has 0 saturated heterocycles. The first-order chi connectivity index (χ1) is 32.4. The zero-order chi connectivity index (χ0) is 47.1. The Morgan fingerprint density at radius 3 is 1.22 bits per heavy atom. The molecule has 7 aromatic carbocycles. The third-order valence-corrected chi connectivity index (χ3v) is 15.2. The van der Waals surface area contributed by atoms with E-state index in [0.29, 0.717) is 71.9 Å². The Morgan fingerprint density at radius 2 is 0.806 bits per heavy atom. The maximum absolute atomic E-state index is 14.7. The highest BCUT2D eigenvalue weighted by molar-refractivity contribution is 6.29. The third-order valence-electron chi connectivity index (χ3n) is 15.2. The molecule has 336 valence electrons. The van der Waals surface area contributed by atoms with Gasteiger partial charge in [0.25, 0.3) is 0 Å². The van der Waals surface area contributed by atoms with E-state index in [1.807, 2.05) is 107 Å². The average molecular weight is 883 g/mol. The van der Waals surface area contributed by atoms with Crippen LogP contribution in [-0.2, 0) is 31.1 Å². The minimum atomic E-state index is -0.729. The highest BCUT2D eigenvalue weighted by atomic mass is 16.1. The summed E-state index contributed by atoms with van der Waals surface area (Å²) in [5.74, 6) is -0.145. The lowest BCUT2D eigenvalue weighted by atomic mass is 9.68. The Morgan fingerprint density at radius 1 is 0.418 bits per heavy atom. The van der Waals surface area contributed by atoms with Gasteiger partial charge in [-0.3, -0.25) is 29.0 Å².